The van der Waals surface area contributed by atoms with Crippen LogP contribution in [0, 0.1) is 5.92 Å². The van der Waals surface area contributed by atoms with Crippen LogP contribution >= 0.6 is 0 Å². The first-order valence-electron chi connectivity index (χ1n) is 6.98. The van der Waals surface area contributed by atoms with Crippen molar-refractivity contribution in [1.82, 2.24) is 15.5 Å². The van der Waals surface area contributed by atoms with Gasteiger partial charge < -0.3 is 15.5 Å². The number of nitrogens with zero attached hydrogens (tertiary/aromatic N) is 1. The molecule has 2 N–H and O–H groups in total. The highest BCUT2D eigenvalue weighted by Crippen LogP contribution is 2.07. The fraction of sp³-hybridized carbons (Fsp3) is 0.857. The first-order valence-corrected chi connectivity index (χ1v) is 6.98. The van der Waals surface area contributed by atoms with Crippen molar-refractivity contribution < 1.29 is 9.59 Å². The Bertz CT molecular complexity index is 288. The summed E-state index contributed by atoms with van der Waals surface area (Å²) in [5.41, 5.74) is 0. The average molecular weight is 271 g/mol. The minimum absolute atomic E-state index is 0.0427. The van der Waals surface area contributed by atoms with Gasteiger partial charge >= 0.3 is 0 Å². The maximum absolute atomic E-state index is 12.0. The number of hydrogen-bond acceptors (Lipinski definition) is 3. The Morgan fingerprint density at radius 2 is 1.68 bits per heavy atom. The molecule has 0 fully saturated rings. The second-order valence-corrected chi connectivity index (χ2v) is 5.84. The predicted octanol–water partition coefficient (Wildman–Crippen LogP) is 0.994. The van der Waals surface area contributed by atoms with Gasteiger partial charge in [0.15, 0.2) is 0 Å². The van der Waals surface area contributed by atoms with Crippen molar-refractivity contribution in [3.63, 3.8) is 0 Å². The lowest BCUT2D eigenvalue weighted by Crippen LogP contribution is -2.47. The number of carbonyl (C=O) groups is 2. The minimum atomic E-state index is -0.415. The van der Waals surface area contributed by atoms with Gasteiger partial charge in [-0.1, -0.05) is 27.7 Å². The van der Waals surface area contributed by atoms with E-state index < -0.39 is 6.04 Å². The molecule has 1 atom stereocenters. The van der Waals surface area contributed by atoms with Gasteiger partial charge in [-0.3, -0.25) is 9.59 Å². The molecule has 0 saturated carbocycles. The maximum Gasteiger partial charge on any atom is 0.244 e. The molecule has 112 valence electrons. The van der Waals surface area contributed by atoms with Crippen LogP contribution < -0.4 is 10.6 Å². The molecule has 0 rings (SSSR count). The molecule has 0 aliphatic rings. The summed E-state index contributed by atoms with van der Waals surface area (Å²) in [4.78, 5) is 25.3. The monoisotopic (exact) mass is 271 g/mol. The number of likely N-dealkylation sites (N-methyl/N-ethyl adjacent to an activating group) is 1. The highest BCUT2D eigenvalue weighted by atomic mass is 16.2. The summed E-state index contributed by atoms with van der Waals surface area (Å²) in [7, 11) is 3.42. The van der Waals surface area contributed by atoms with E-state index in [1.165, 1.54) is 4.90 Å². The van der Waals surface area contributed by atoms with E-state index in [2.05, 4.69) is 10.6 Å². The molecule has 19 heavy (non-hydrogen) atoms. The van der Waals surface area contributed by atoms with E-state index in [1.54, 1.807) is 14.1 Å². The van der Waals surface area contributed by atoms with Crippen LogP contribution in [0.3, 0.4) is 0 Å². The van der Waals surface area contributed by atoms with Crippen molar-refractivity contribution in [3.8, 4) is 0 Å². The molecule has 0 radical (unpaired) electrons. The lowest BCUT2D eigenvalue weighted by Gasteiger charge is -2.23. The summed E-state index contributed by atoms with van der Waals surface area (Å²) >= 11 is 0. The predicted molar refractivity (Wildman–Crippen MR) is 77.8 cm³/mol. The lowest BCUT2D eigenvalue weighted by molar-refractivity contribution is -0.134. The molecule has 0 aromatic heterocycles. The Hall–Kier alpha value is -1.10. The average Bonchev–Trinajstić information content (AvgIpc) is 2.25. The van der Waals surface area contributed by atoms with Crippen molar-refractivity contribution in [3.05, 3.63) is 0 Å². The number of rotatable bonds is 8. The lowest BCUT2D eigenvalue weighted by atomic mass is 10.0. The van der Waals surface area contributed by atoms with Crippen LogP contribution in [0.5, 0.6) is 0 Å². The van der Waals surface area contributed by atoms with Gasteiger partial charge in [0.05, 0.1) is 0 Å². The fourth-order valence-corrected chi connectivity index (χ4v) is 1.75. The van der Waals surface area contributed by atoms with Crippen molar-refractivity contribution in [2.45, 2.75) is 52.6 Å². The molecular weight excluding hydrogens is 242 g/mol. The smallest absolute Gasteiger partial charge is 0.244 e. The van der Waals surface area contributed by atoms with Crippen LogP contribution in [-0.4, -0.2) is 49.4 Å². The third kappa shape index (κ3) is 8.59. The molecule has 0 saturated heterocycles. The molecule has 2 amide bonds. The Labute approximate surface area is 117 Å². The van der Waals surface area contributed by atoms with Crippen LogP contribution in [0.2, 0.25) is 0 Å². The van der Waals surface area contributed by atoms with E-state index in [-0.39, 0.29) is 11.8 Å². The van der Waals surface area contributed by atoms with Gasteiger partial charge in [-0.05, 0) is 12.3 Å². The summed E-state index contributed by atoms with van der Waals surface area (Å²) in [5.74, 6) is 0.246. The van der Waals surface area contributed by atoms with Gasteiger partial charge in [-0.25, -0.2) is 0 Å². The zero-order chi connectivity index (χ0) is 15.0. The van der Waals surface area contributed by atoms with E-state index in [1.807, 2.05) is 27.7 Å². The number of carbonyl (C=O) groups excluding carboxylic acids is 2. The molecule has 0 aliphatic carbocycles. The zero-order valence-corrected chi connectivity index (χ0v) is 13.1. The minimum Gasteiger partial charge on any atom is -0.347 e. The quantitative estimate of drug-likeness (QED) is 0.692. The molecule has 5 nitrogen and oxygen atoms in total. The summed E-state index contributed by atoms with van der Waals surface area (Å²) in [5, 5.41) is 6.02. The molecule has 0 aromatic rings. The molecule has 1 unspecified atom stereocenters. The zero-order valence-electron chi connectivity index (χ0n) is 13.1. The van der Waals surface area contributed by atoms with E-state index in [0.29, 0.717) is 31.3 Å². The molecule has 5 heteroatoms. The fourth-order valence-electron chi connectivity index (χ4n) is 1.75. The Morgan fingerprint density at radius 1 is 1.11 bits per heavy atom. The molecule has 0 bridgehead atoms. The van der Waals surface area contributed by atoms with E-state index in [4.69, 9.17) is 0 Å². The Kier molecular flexibility index (Phi) is 8.39. The van der Waals surface area contributed by atoms with Crippen molar-refractivity contribution in [2.75, 3.05) is 20.6 Å². The SMILES string of the molecule is CC(C)CC(NC(=O)CCNC(C)C)C(=O)N(C)C. The summed E-state index contributed by atoms with van der Waals surface area (Å²) in [6.07, 6.45) is 1.06. The largest absolute Gasteiger partial charge is 0.347 e. The summed E-state index contributed by atoms with van der Waals surface area (Å²) in [6, 6.07) is -0.0516. The third-order valence-corrected chi connectivity index (χ3v) is 2.69. The maximum atomic E-state index is 12.0. The summed E-state index contributed by atoms with van der Waals surface area (Å²) in [6.45, 7) is 8.79. The van der Waals surface area contributed by atoms with Crippen molar-refractivity contribution in [1.29, 1.82) is 0 Å². The second kappa shape index (κ2) is 8.91. The van der Waals surface area contributed by atoms with Crippen LogP contribution in [0.15, 0.2) is 0 Å². The first kappa shape index (κ1) is 17.9. The van der Waals surface area contributed by atoms with Gasteiger partial charge in [0, 0.05) is 33.1 Å². The highest BCUT2D eigenvalue weighted by Gasteiger charge is 2.22. The number of hydrogen-bond donors (Lipinski definition) is 2. The normalized spacial score (nSPS) is 12.6. The van der Waals surface area contributed by atoms with Crippen LogP contribution in [0.1, 0.15) is 40.5 Å². The van der Waals surface area contributed by atoms with E-state index in [9.17, 15) is 9.59 Å². The molecule has 0 aromatic carbocycles. The second-order valence-electron chi connectivity index (χ2n) is 5.84. The standard InChI is InChI=1S/C14H29N3O2/c1-10(2)9-12(14(19)17(5)6)16-13(18)7-8-15-11(3)4/h10-12,15H,7-9H2,1-6H3,(H,16,18). The summed E-state index contributed by atoms with van der Waals surface area (Å²) < 4.78 is 0. The highest BCUT2D eigenvalue weighted by molar-refractivity contribution is 5.87. The third-order valence-electron chi connectivity index (χ3n) is 2.69. The van der Waals surface area contributed by atoms with Crippen LogP contribution in [0.4, 0.5) is 0 Å². The Balaban J connectivity index is 4.31. The Morgan fingerprint density at radius 3 is 2.11 bits per heavy atom. The van der Waals surface area contributed by atoms with Crippen molar-refractivity contribution >= 4 is 11.8 Å². The van der Waals surface area contributed by atoms with Gasteiger partial charge in [0.1, 0.15) is 6.04 Å². The van der Waals surface area contributed by atoms with Crippen LogP contribution in [-0.2, 0) is 9.59 Å². The van der Waals surface area contributed by atoms with Crippen LogP contribution in [0.25, 0.3) is 0 Å². The van der Waals surface area contributed by atoms with Gasteiger partial charge in [0.2, 0.25) is 11.8 Å². The molecular formula is C14H29N3O2. The van der Waals surface area contributed by atoms with E-state index in [0.717, 1.165) is 0 Å². The van der Waals surface area contributed by atoms with Crippen molar-refractivity contribution in [2.24, 2.45) is 5.92 Å². The van der Waals surface area contributed by atoms with E-state index >= 15 is 0 Å². The topological polar surface area (TPSA) is 61.4 Å². The van der Waals surface area contributed by atoms with Gasteiger partial charge in [0.25, 0.3) is 0 Å². The molecule has 0 heterocycles. The first-order chi connectivity index (χ1) is 8.73. The van der Waals surface area contributed by atoms with Gasteiger partial charge in [-0.15, -0.1) is 0 Å². The van der Waals surface area contributed by atoms with Gasteiger partial charge in [-0.2, -0.15) is 0 Å². The number of nitrogens with one attached hydrogen (secondary N) is 2. The molecule has 0 spiro atoms. The number of amides is 2. The molecule has 0 aliphatic heterocycles.